The molecular weight excluding hydrogens is 210 g/mol. The van der Waals surface area contributed by atoms with Crippen LogP contribution in [0.4, 0.5) is 0 Å². The van der Waals surface area contributed by atoms with Crippen LogP contribution in [0.25, 0.3) is 0 Å². The predicted molar refractivity (Wildman–Crippen MR) is 78.6 cm³/mol. The fourth-order valence-corrected chi connectivity index (χ4v) is 10.2. The smallest absolute Gasteiger partial charge is 0.133 e. The molecule has 0 fully saturated rings. The number of nitrogens with zero attached hydrogens (tertiary/aromatic N) is 1. The molecule has 98 valence electrons. The van der Waals surface area contributed by atoms with Crippen molar-refractivity contribution in [3.63, 3.8) is 0 Å². The van der Waals surface area contributed by atoms with E-state index in [1.54, 1.807) is 0 Å². The Labute approximate surface area is 105 Å². The standard InChI is InChI=1S/C14H33NSi/c1-8-13(6)16(12-5,14(7)9-2)15(10-3)11-4/h13-14H,8-12H2,1-7H3. The summed E-state index contributed by atoms with van der Waals surface area (Å²) in [5.74, 6) is 0. The van der Waals surface area contributed by atoms with Gasteiger partial charge in [-0.15, -0.1) is 0 Å². The van der Waals surface area contributed by atoms with Crippen molar-refractivity contribution in [2.75, 3.05) is 13.1 Å². The summed E-state index contributed by atoms with van der Waals surface area (Å²) in [4.78, 5) is 0. The van der Waals surface area contributed by atoms with E-state index < -0.39 is 8.24 Å². The SMILES string of the molecule is CCC(C)[Si](CC)(C(C)CC)N(CC)CC. The molecule has 0 aliphatic heterocycles. The zero-order chi connectivity index (χ0) is 12.8. The lowest BCUT2D eigenvalue weighted by Gasteiger charge is -2.49. The van der Waals surface area contributed by atoms with E-state index in [2.05, 4.69) is 53.0 Å². The minimum Gasteiger partial charge on any atom is -0.323 e. The lowest BCUT2D eigenvalue weighted by Crippen LogP contribution is -2.58. The Morgan fingerprint density at radius 3 is 1.38 bits per heavy atom. The highest BCUT2D eigenvalue weighted by Crippen LogP contribution is 2.42. The monoisotopic (exact) mass is 243 g/mol. The van der Waals surface area contributed by atoms with Crippen LogP contribution in [0.2, 0.25) is 17.1 Å². The highest BCUT2D eigenvalue weighted by atomic mass is 28.3. The van der Waals surface area contributed by atoms with Gasteiger partial charge in [-0.25, -0.2) is 0 Å². The molecule has 16 heavy (non-hydrogen) atoms. The molecule has 0 bridgehead atoms. The topological polar surface area (TPSA) is 3.24 Å². The van der Waals surface area contributed by atoms with Crippen molar-refractivity contribution in [2.24, 2.45) is 0 Å². The third-order valence-electron chi connectivity index (χ3n) is 4.85. The first kappa shape index (κ1) is 16.2. The Balaban J connectivity index is 5.24. The molecule has 0 saturated heterocycles. The molecule has 0 aromatic rings. The molecule has 0 aromatic heterocycles. The molecule has 0 N–H and O–H groups in total. The van der Waals surface area contributed by atoms with E-state index in [4.69, 9.17) is 0 Å². The summed E-state index contributed by atoms with van der Waals surface area (Å²) >= 11 is 0. The Morgan fingerprint density at radius 1 is 0.812 bits per heavy atom. The maximum Gasteiger partial charge on any atom is 0.133 e. The van der Waals surface area contributed by atoms with Gasteiger partial charge in [0, 0.05) is 0 Å². The first-order chi connectivity index (χ1) is 7.54. The normalized spacial score (nSPS) is 19.5. The van der Waals surface area contributed by atoms with Gasteiger partial charge in [0.15, 0.2) is 0 Å². The molecule has 0 heterocycles. The van der Waals surface area contributed by atoms with E-state index in [9.17, 15) is 0 Å². The van der Waals surface area contributed by atoms with E-state index in [0.29, 0.717) is 0 Å². The fourth-order valence-electron chi connectivity index (χ4n) is 3.55. The average molecular weight is 244 g/mol. The number of hydrogen-bond donors (Lipinski definition) is 0. The molecule has 0 aliphatic carbocycles. The lowest BCUT2D eigenvalue weighted by atomic mass is 10.3. The molecule has 0 radical (unpaired) electrons. The third-order valence-corrected chi connectivity index (χ3v) is 12.0. The summed E-state index contributed by atoms with van der Waals surface area (Å²) in [5, 5.41) is 0. The Morgan fingerprint density at radius 2 is 1.19 bits per heavy atom. The van der Waals surface area contributed by atoms with Gasteiger partial charge in [-0.3, -0.25) is 0 Å². The van der Waals surface area contributed by atoms with Crippen LogP contribution < -0.4 is 0 Å². The summed E-state index contributed by atoms with van der Waals surface area (Å²) in [7, 11) is -1.27. The Bertz CT molecular complexity index is 168. The molecule has 2 heteroatoms. The van der Waals surface area contributed by atoms with Gasteiger partial charge in [0.05, 0.1) is 0 Å². The molecule has 2 atom stereocenters. The van der Waals surface area contributed by atoms with E-state index in [0.717, 1.165) is 11.1 Å². The van der Waals surface area contributed by atoms with Crippen LogP contribution in [0.15, 0.2) is 0 Å². The van der Waals surface area contributed by atoms with Gasteiger partial charge in [0.1, 0.15) is 8.24 Å². The molecule has 0 spiro atoms. The molecule has 0 rings (SSSR count). The molecule has 1 nitrogen and oxygen atoms in total. The van der Waals surface area contributed by atoms with Gasteiger partial charge in [-0.2, -0.15) is 0 Å². The Kier molecular flexibility index (Phi) is 7.58. The summed E-state index contributed by atoms with van der Waals surface area (Å²) in [6, 6.07) is 1.42. The van der Waals surface area contributed by atoms with Gasteiger partial charge in [-0.05, 0) is 30.2 Å². The van der Waals surface area contributed by atoms with Gasteiger partial charge in [0.25, 0.3) is 0 Å². The maximum absolute atomic E-state index is 2.84. The summed E-state index contributed by atoms with van der Waals surface area (Å²) in [5.41, 5.74) is 1.85. The van der Waals surface area contributed by atoms with Crippen molar-refractivity contribution in [1.82, 2.24) is 4.57 Å². The van der Waals surface area contributed by atoms with E-state index in [-0.39, 0.29) is 0 Å². The molecule has 0 amide bonds. The van der Waals surface area contributed by atoms with Gasteiger partial charge < -0.3 is 4.57 Å². The minimum absolute atomic E-state index is 0.923. The van der Waals surface area contributed by atoms with Gasteiger partial charge >= 0.3 is 0 Å². The van der Waals surface area contributed by atoms with E-state index in [1.807, 2.05) is 0 Å². The number of hydrogen-bond acceptors (Lipinski definition) is 1. The third kappa shape index (κ3) is 2.89. The second kappa shape index (κ2) is 7.49. The largest absolute Gasteiger partial charge is 0.323 e. The van der Waals surface area contributed by atoms with Crippen molar-refractivity contribution in [3.8, 4) is 0 Å². The molecule has 0 saturated carbocycles. The first-order valence-corrected chi connectivity index (χ1v) is 9.60. The van der Waals surface area contributed by atoms with Crippen LogP contribution in [0, 0.1) is 0 Å². The molecule has 2 unspecified atom stereocenters. The molecular formula is C14H33NSi. The van der Waals surface area contributed by atoms with Crippen LogP contribution in [-0.2, 0) is 0 Å². The second-order valence-electron chi connectivity index (χ2n) is 5.14. The van der Waals surface area contributed by atoms with Crippen molar-refractivity contribution < 1.29 is 0 Å². The Hall–Kier alpha value is 0.177. The van der Waals surface area contributed by atoms with Crippen molar-refractivity contribution >= 4 is 8.24 Å². The zero-order valence-electron chi connectivity index (χ0n) is 12.6. The summed E-state index contributed by atoms with van der Waals surface area (Å²) in [6.07, 6.45) is 2.70. The first-order valence-electron chi connectivity index (χ1n) is 7.29. The minimum atomic E-state index is -1.27. The highest BCUT2D eigenvalue weighted by Gasteiger charge is 2.44. The van der Waals surface area contributed by atoms with Gasteiger partial charge in [0.2, 0.25) is 0 Å². The summed E-state index contributed by atoms with van der Waals surface area (Å²) in [6.45, 7) is 19.3. The van der Waals surface area contributed by atoms with Crippen molar-refractivity contribution in [3.05, 3.63) is 0 Å². The van der Waals surface area contributed by atoms with Crippen LogP contribution in [-0.4, -0.2) is 25.9 Å². The summed E-state index contributed by atoms with van der Waals surface area (Å²) < 4.78 is 2.84. The average Bonchev–Trinajstić information content (AvgIpc) is 2.34. The maximum atomic E-state index is 2.84. The van der Waals surface area contributed by atoms with Crippen LogP contribution >= 0.6 is 0 Å². The lowest BCUT2D eigenvalue weighted by molar-refractivity contribution is 0.427. The van der Waals surface area contributed by atoms with Crippen LogP contribution in [0.5, 0.6) is 0 Å². The second-order valence-corrected chi connectivity index (χ2v) is 10.4. The quantitative estimate of drug-likeness (QED) is 0.548. The molecule has 0 aromatic carbocycles. The van der Waals surface area contributed by atoms with Gasteiger partial charge in [-0.1, -0.05) is 61.3 Å². The van der Waals surface area contributed by atoms with E-state index in [1.165, 1.54) is 32.0 Å². The van der Waals surface area contributed by atoms with Crippen molar-refractivity contribution in [1.29, 1.82) is 0 Å². The van der Waals surface area contributed by atoms with E-state index >= 15 is 0 Å². The zero-order valence-corrected chi connectivity index (χ0v) is 13.6. The highest BCUT2D eigenvalue weighted by molar-refractivity contribution is 6.79. The van der Waals surface area contributed by atoms with Crippen LogP contribution in [0.1, 0.15) is 61.3 Å². The number of rotatable bonds is 8. The molecule has 0 aliphatic rings. The fraction of sp³-hybridized carbons (Fsp3) is 1.00. The predicted octanol–water partition coefficient (Wildman–Crippen LogP) is 4.89. The van der Waals surface area contributed by atoms with Crippen LogP contribution in [0.3, 0.4) is 0 Å². The van der Waals surface area contributed by atoms with Crippen molar-refractivity contribution in [2.45, 2.75) is 78.4 Å².